The van der Waals surface area contributed by atoms with Gasteiger partial charge in [0.25, 0.3) is 0 Å². The van der Waals surface area contributed by atoms with Crippen LogP contribution in [0.15, 0.2) is 188 Å². The lowest BCUT2D eigenvalue weighted by atomic mass is 9.82. The molecular formula is C60H43ClN2. The first-order valence-electron chi connectivity index (χ1n) is 22.0. The van der Waals surface area contributed by atoms with Crippen LogP contribution in [-0.4, -0.2) is 9.13 Å². The Kier molecular flexibility index (Phi) is 7.51. The molecule has 2 heterocycles. The lowest BCUT2D eigenvalue weighted by Crippen LogP contribution is -2.14. The topological polar surface area (TPSA) is 9.86 Å². The molecule has 0 spiro atoms. The van der Waals surface area contributed by atoms with E-state index in [2.05, 4.69) is 225 Å². The number of rotatable bonds is 4. The molecule has 9 aromatic carbocycles. The molecule has 0 N–H and O–H groups in total. The summed E-state index contributed by atoms with van der Waals surface area (Å²) in [6, 6.07) is 69.6. The lowest BCUT2D eigenvalue weighted by Gasteiger charge is -2.21. The zero-order valence-electron chi connectivity index (χ0n) is 35.7. The number of nitrogens with zero attached hydrogens (tertiary/aromatic N) is 2. The van der Waals surface area contributed by atoms with Gasteiger partial charge in [0.1, 0.15) is 0 Å². The van der Waals surface area contributed by atoms with E-state index in [4.69, 9.17) is 11.6 Å². The summed E-state index contributed by atoms with van der Waals surface area (Å²) in [5, 5.41) is 5.67. The average molecular weight is 827 g/mol. The molecule has 300 valence electrons. The van der Waals surface area contributed by atoms with E-state index in [1.807, 2.05) is 0 Å². The number of hydrogen-bond donors (Lipinski definition) is 0. The second-order valence-corrected chi connectivity index (χ2v) is 19.1. The van der Waals surface area contributed by atoms with Crippen LogP contribution in [0.1, 0.15) is 49.9 Å². The van der Waals surface area contributed by atoms with E-state index in [1.165, 1.54) is 88.1 Å². The predicted octanol–water partition coefficient (Wildman–Crippen LogP) is 16.5. The van der Waals surface area contributed by atoms with Crippen molar-refractivity contribution < 1.29 is 0 Å². The van der Waals surface area contributed by atoms with Crippen LogP contribution in [0.25, 0.3) is 99.5 Å². The van der Waals surface area contributed by atoms with Crippen molar-refractivity contribution in [2.45, 2.75) is 38.5 Å². The first kappa shape index (κ1) is 36.5. The molecule has 0 unspecified atom stereocenters. The van der Waals surface area contributed by atoms with Gasteiger partial charge >= 0.3 is 0 Å². The van der Waals surface area contributed by atoms with Gasteiger partial charge in [0.2, 0.25) is 0 Å². The summed E-state index contributed by atoms with van der Waals surface area (Å²) in [4.78, 5) is 0. The molecule has 0 aliphatic heterocycles. The van der Waals surface area contributed by atoms with Crippen LogP contribution in [0.5, 0.6) is 0 Å². The highest BCUT2D eigenvalue weighted by Crippen LogP contribution is 2.53. The maximum absolute atomic E-state index is 7.11. The number of hydrogen-bond acceptors (Lipinski definition) is 0. The first-order chi connectivity index (χ1) is 30.6. The van der Waals surface area contributed by atoms with Gasteiger partial charge in [-0.15, -0.1) is 0 Å². The monoisotopic (exact) mass is 826 g/mol. The third kappa shape index (κ3) is 5.13. The molecule has 63 heavy (non-hydrogen) atoms. The molecule has 0 radical (unpaired) electrons. The van der Waals surface area contributed by atoms with E-state index in [9.17, 15) is 0 Å². The Morgan fingerprint density at radius 1 is 0.317 bits per heavy atom. The normalized spacial score (nSPS) is 14.4. The molecule has 2 nitrogen and oxygen atoms in total. The van der Waals surface area contributed by atoms with Crippen molar-refractivity contribution >= 4 is 55.2 Å². The van der Waals surface area contributed by atoms with Crippen molar-refractivity contribution in [2.24, 2.45) is 0 Å². The first-order valence-corrected chi connectivity index (χ1v) is 22.4. The number of fused-ring (bicyclic) bond motifs is 12. The molecule has 0 atom stereocenters. The minimum atomic E-state index is -0.0950. The van der Waals surface area contributed by atoms with Crippen molar-refractivity contribution in [3.05, 3.63) is 215 Å². The average Bonchev–Trinajstić information content (AvgIpc) is 3.96. The lowest BCUT2D eigenvalue weighted by molar-refractivity contribution is 0.661. The van der Waals surface area contributed by atoms with Crippen molar-refractivity contribution in [1.82, 2.24) is 9.13 Å². The second kappa shape index (κ2) is 13.0. The summed E-state index contributed by atoms with van der Waals surface area (Å²) in [7, 11) is 0. The van der Waals surface area contributed by atoms with Gasteiger partial charge in [0.05, 0.1) is 22.1 Å². The van der Waals surface area contributed by atoms with Crippen molar-refractivity contribution in [3.63, 3.8) is 0 Å². The Morgan fingerprint density at radius 2 is 0.714 bits per heavy atom. The zero-order valence-corrected chi connectivity index (χ0v) is 36.4. The van der Waals surface area contributed by atoms with Gasteiger partial charge in [-0.2, -0.15) is 0 Å². The van der Waals surface area contributed by atoms with Gasteiger partial charge in [-0.3, -0.25) is 0 Å². The molecule has 2 aliphatic rings. The second-order valence-electron chi connectivity index (χ2n) is 18.7. The molecule has 2 aliphatic carbocycles. The van der Waals surface area contributed by atoms with Gasteiger partial charge in [0.15, 0.2) is 0 Å². The summed E-state index contributed by atoms with van der Waals surface area (Å²) >= 11 is 7.11. The minimum absolute atomic E-state index is 0.0950. The van der Waals surface area contributed by atoms with E-state index in [-0.39, 0.29) is 10.8 Å². The largest absolute Gasteiger partial charge is 0.309 e. The van der Waals surface area contributed by atoms with Crippen molar-refractivity contribution in [2.75, 3.05) is 0 Å². The highest BCUT2D eigenvalue weighted by Gasteiger charge is 2.37. The molecule has 0 bridgehead atoms. The summed E-state index contributed by atoms with van der Waals surface area (Å²) in [6.07, 6.45) is 0. The molecule has 0 saturated carbocycles. The number of halogens is 1. The van der Waals surface area contributed by atoms with Gasteiger partial charge in [-0.25, -0.2) is 0 Å². The number of aromatic nitrogens is 2. The minimum Gasteiger partial charge on any atom is -0.309 e. The van der Waals surface area contributed by atoms with Crippen LogP contribution in [0.2, 0.25) is 5.02 Å². The molecule has 13 rings (SSSR count). The Labute approximate surface area is 372 Å². The van der Waals surface area contributed by atoms with Crippen molar-refractivity contribution in [1.29, 1.82) is 0 Å². The van der Waals surface area contributed by atoms with Gasteiger partial charge < -0.3 is 9.13 Å². The fraction of sp³-hybridized carbons (Fsp3) is 0.100. The molecule has 3 heteroatoms. The molecule has 2 aromatic heterocycles. The van der Waals surface area contributed by atoms with Gasteiger partial charge in [-0.05, 0) is 158 Å². The van der Waals surface area contributed by atoms with Crippen LogP contribution in [0.3, 0.4) is 0 Å². The van der Waals surface area contributed by atoms with E-state index in [0.717, 1.165) is 38.7 Å². The smallest absolute Gasteiger partial charge is 0.0544 e. The molecule has 0 saturated heterocycles. The van der Waals surface area contributed by atoms with Crippen LogP contribution in [0, 0.1) is 0 Å². The van der Waals surface area contributed by atoms with Crippen LogP contribution in [-0.2, 0) is 10.8 Å². The van der Waals surface area contributed by atoms with E-state index in [1.54, 1.807) is 0 Å². The zero-order chi connectivity index (χ0) is 42.4. The fourth-order valence-electron chi connectivity index (χ4n) is 11.4. The SMILES string of the molecule is CC1(C)c2ccccc2-c2cc3c4cc(-c5cc(Cl)cc(-c6ccc7c(c6)c6cc8c(cc6n7-c6ccccc6)C(C)(C)c6ccccc6-8)c5)ccc4n(-c4ccccc4)c3cc21. The fourth-order valence-corrected chi connectivity index (χ4v) is 11.7. The summed E-state index contributed by atoms with van der Waals surface area (Å²) < 4.78 is 4.88. The standard InChI is InChI=1S/C60H43ClN2/c1-59(2)51-21-13-11-19-43(51)45-32-49-47-30-36(23-25-55(47)62(57(49)34-53(45)59)41-15-7-5-8-16-41)38-27-39(29-40(61)28-38)37-24-26-56-48(31-37)50-33-46-44-20-12-14-22-52(44)60(3,4)54(46)35-58(50)63(56)42-17-9-6-10-18-42/h5-35H,1-4H3. The number of benzene rings is 9. The van der Waals surface area contributed by atoms with Crippen LogP contribution < -0.4 is 0 Å². The van der Waals surface area contributed by atoms with E-state index >= 15 is 0 Å². The molecule has 0 amide bonds. The highest BCUT2D eigenvalue weighted by atomic mass is 35.5. The maximum atomic E-state index is 7.11. The third-order valence-corrected chi connectivity index (χ3v) is 14.7. The maximum Gasteiger partial charge on any atom is 0.0544 e. The summed E-state index contributed by atoms with van der Waals surface area (Å²) in [6.45, 7) is 9.44. The quantitative estimate of drug-likeness (QED) is 0.167. The Hall–Kier alpha value is -7.13. The molecule has 11 aromatic rings. The van der Waals surface area contributed by atoms with Gasteiger partial charge in [-0.1, -0.05) is 136 Å². The Balaban J connectivity index is 0.996. The third-order valence-electron chi connectivity index (χ3n) is 14.5. The Bertz CT molecular complexity index is 3490. The van der Waals surface area contributed by atoms with Gasteiger partial charge in [0, 0.05) is 48.8 Å². The predicted molar refractivity (Wildman–Crippen MR) is 266 cm³/mol. The summed E-state index contributed by atoms with van der Waals surface area (Å²) in [5.74, 6) is 0. The molecule has 0 fully saturated rings. The van der Waals surface area contributed by atoms with Crippen molar-refractivity contribution in [3.8, 4) is 55.9 Å². The molecular weight excluding hydrogens is 784 g/mol. The van der Waals surface area contributed by atoms with E-state index < -0.39 is 0 Å². The van der Waals surface area contributed by atoms with E-state index in [0.29, 0.717) is 0 Å². The number of para-hydroxylation sites is 2. The highest BCUT2D eigenvalue weighted by molar-refractivity contribution is 6.31. The summed E-state index contributed by atoms with van der Waals surface area (Å²) in [5.41, 5.74) is 22.2. The van der Waals surface area contributed by atoms with Crippen LogP contribution in [0.4, 0.5) is 0 Å². The van der Waals surface area contributed by atoms with Crippen LogP contribution >= 0.6 is 11.6 Å². The Morgan fingerprint density at radius 3 is 1.16 bits per heavy atom.